The Morgan fingerprint density at radius 1 is 1.21 bits per heavy atom. The Labute approximate surface area is 168 Å². The highest BCUT2D eigenvalue weighted by atomic mass is 16.5. The largest absolute Gasteiger partial charge is 0.382 e. The van der Waals surface area contributed by atoms with Crippen LogP contribution in [0.3, 0.4) is 0 Å². The lowest BCUT2D eigenvalue weighted by molar-refractivity contribution is -0.115. The van der Waals surface area contributed by atoms with Crippen LogP contribution in [0.5, 0.6) is 0 Å². The number of methoxy groups -OCH3 is 1. The van der Waals surface area contributed by atoms with Crippen LogP contribution in [0.1, 0.15) is 11.6 Å². The Bertz CT molecular complexity index is 1000. The van der Waals surface area contributed by atoms with E-state index in [1.807, 2.05) is 53.4 Å². The summed E-state index contributed by atoms with van der Waals surface area (Å²) in [5.74, 6) is 0.156. The number of anilines is 2. The van der Waals surface area contributed by atoms with E-state index in [-0.39, 0.29) is 18.5 Å². The van der Waals surface area contributed by atoms with E-state index in [9.17, 15) is 9.59 Å². The summed E-state index contributed by atoms with van der Waals surface area (Å²) in [6.07, 6.45) is 5.52. The monoisotopic (exact) mass is 391 g/mol. The molecule has 3 aromatic rings. The highest BCUT2D eigenvalue weighted by molar-refractivity contribution is 6.08. The number of hydrogen-bond donors (Lipinski definition) is 2. The lowest BCUT2D eigenvalue weighted by Gasteiger charge is -2.29. The SMILES string of the molecule is COCC(NC(=O)N1CC(=O)Nc2cccnc21)c1ccc(-n2cccc2)cc1. The molecular weight excluding hydrogens is 370 g/mol. The van der Waals surface area contributed by atoms with Crippen LogP contribution in [0, 0.1) is 0 Å². The number of benzene rings is 1. The van der Waals surface area contributed by atoms with Crippen molar-refractivity contribution in [3.05, 3.63) is 72.7 Å². The Morgan fingerprint density at radius 3 is 2.69 bits per heavy atom. The molecule has 3 heterocycles. The van der Waals surface area contributed by atoms with Crippen LogP contribution in [0.4, 0.5) is 16.3 Å². The number of pyridine rings is 1. The van der Waals surface area contributed by atoms with Gasteiger partial charge in [-0.3, -0.25) is 9.69 Å². The van der Waals surface area contributed by atoms with Gasteiger partial charge in [-0.2, -0.15) is 0 Å². The average molecular weight is 391 g/mol. The number of rotatable bonds is 5. The second kappa shape index (κ2) is 8.15. The summed E-state index contributed by atoms with van der Waals surface area (Å²) in [5, 5.41) is 5.68. The lowest BCUT2D eigenvalue weighted by Crippen LogP contribution is -2.49. The zero-order valence-corrected chi connectivity index (χ0v) is 15.9. The second-order valence-electron chi connectivity index (χ2n) is 6.65. The molecule has 0 radical (unpaired) electrons. The number of nitrogens with zero attached hydrogens (tertiary/aromatic N) is 3. The summed E-state index contributed by atoms with van der Waals surface area (Å²) < 4.78 is 7.31. The first-order chi connectivity index (χ1) is 14.2. The highest BCUT2D eigenvalue weighted by Crippen LogP contribution is 2.27. The zero-order valence-electron chi connectivity index (χ0n) is 15.9. The van der Waals surface area contributed by atoms with Crippen molar-refractivity contribution >= 4 is 23.4 Å². The molecule has 8 heteroatoms. The normalized spacial score (nSPS) is 14.1. The van der Waals surface area contributed by atoms with Crippen molar-refractivity contribution < 1.29 is 14.3 Å². The molecule has 148 valence electrons. The van der Waals surface area contributed by atoms with Gasteiger partial charge in [-0.25, -0.2) is 9.78 Å². The first kappa shape index (κ1) is 18.7. The van der Waals surface area contributed by atoms with Gasteiger partial charge in [-0.1, -0.05) is 12.1 Å². The molecule has 0 aliphatic carbocycles. The van der Waals surface area contributed by atoms with Gasteiger partial charge >= 0.3 is 6.03 Å². The number of carbonyl (C=O) groups excluding carboxylic acids is 2. The van der Waals surface area contributed by atoms with E-state index in [0.29, 0.717) is 18.1 Å². The van der Waals surface area contributed by atoms with Crippen molar-refractivity contribution in [2.45, 2.75) is 6.04 Å². The van der Waals surface area contributed by atoms with Crippen LogP contribution in [0.15, 0.2) is 67.1 Å². The molecule has 1 unspecified atom stereocenters. The van der Waals surface area contributed by atoms with Crippen LogP contribution in [0.25, 0.3) is 5.69 Å². The maximum atomic E-state index is 13.0. The van der Waals surface area contributed by atoms with Gasteiger partial charge in [0.15, 0.2) is 5.82 Å². The van der Waals surface area contributed by atoms with Gasteiger partial charge in [0.1, 0.15) is 6.54 Å². The van der Waals surface area contributed by atoms with Crippen LogP contribution >= 0.6 is 0 Å². The van der Waals surface area contributed by atoms with Gasteiger partial charge in [0.05, 0.1) is 18.3 Å². The highest BCUT2D eigenvalue weighted by Gasteiger charge is 2.29. The fraction of sp³-hybridized carbons (Fsp3) is 0.190. The topological polar surface area (TPSA) is 88.5 Å². The smallest absolute Gasteiger partial charge is 0.324 e. The molecule has 2 aromatic heterocycles. The molecule has 29 heavy (non-hydrogen) atoms. The molecule has 0 fully saturated rings. The van der Waals surface area contributed by atoms with E-state index in [2.05, 4.69) is 15.6 Å². The Hall–Kier alpha value is -3.65. The van der Waals surface area contributed by atoms with Gasteiger partial charge in [-0.15, -0.1) is 0 Å². The molecule has 1 atom stereocenters. The van der Waals surface area contributed by atoms with E-state index in [1.165, 1.54) is 4.90 Å². The summed E-state index contributed by atoms with van der Waals surface area (Å²) in [6, 6.07) is 14.4. The summed E-state index contributed by atoms with van der Waals surface area (Å²) in [7, 11) is 1.58. The molecule has 4 rings (SSSR count). The van der Waals surface area contributed by atoms with E-state index in [0.717, 1.165) is 11.3 Å². The van der Waals surface area contributed by atoms with Crippen LogP contribution in [0.2, 0.25) is 0 Å². The van der Waals surface area contributed by atoms with Crippen molar-refractivity contribution in [2.24, 2.45) is 0 Å². The maximum Gasteiger partial charge on any atom is 0.324 e. The van der Waals surface area contributed by atoms with Crippen molar-refractivity contribution in [1.82, 2.24) is 14.9 Å². The summed E-state index contributed by atoms with van der Waals surface area (Å²) >= 11 is 0. The van der Waals surface area contributed by atoms with Crippen LogP contribution < -0.4 is 15.5 Å². The number of carbonyl (C=O) groups is 2. The minimum absolute atomic E-state index is 0.0951. The molecule has 1 aliphatic rings. The van der Waals surface area contributed by atoms with Crippen LogP contribution in [-0.4, -0.2) is 41.8 Å². The number of aromatic nitrogens is 2. The molecule has 3 amide bonds. The average Bonchev–Trinajstić information content (AvgIpc) is 3.28. The zero-order chi connectivity index (χ0) is 20.2. The molecular formula is C21H21N5O3. The molecule has 8 nitrogen and oxygen atoms in total. The number of amides is 3. The summed E-state index contributed by atoms with van der Waals surface area (Å²) in [5.41, 5.74) is 2.43. The molecule has 2 N–H and O–H groups in total. The van der Waals surface area contributed by atoms with Crippen LogP contribution in [-0.2, 0) is 9.53 Å². The number of ether oxygens (including phenoxy) is 1. The van der Waals surface area contributed by atoms with Crippen molar-refractivity contribution in [2.75, 3.05) is 30.5 Å². The van der Waals surface area contributed by atoms with Gasteiger partial charge in [0.25, 0.3) is 0 Å². The van der Waals surface area contributed by atoms with Gasteiger partial charge in [-0.05, 0) is 42.0 Å². The van der Waals surface area contributed by atoms with E-state index >= 15 is 0 Å². The Kier molecular flexibility index (Phi) is 5.26. The molecule has 0 saturated heterocycles. The standard InChI is InChI=1S/C21H21N5O3/c1-29-14-18(15-6-8-16(9-7-15)25-11-2-3-12-25)24-21(28)26-13-19(27)23-17-5-4-10-22-20(17)26/h2-12,18H,13-14H2,1H3,(H,23,27)(H,24,28). The van der Waals surface area contributed by atoms with E-state index < -0.39 is 6.03 Å². The van der Waals surface area contributed by atoms with Gasteiger partial charge in [0, 0.05) is 31.4 Å². The molecule has 1 aliphatic heterocycles. The molecule has 0 bridgehead atoms. The number of hydrogen-bond acceptors (Lipinski definition) is 4. The minimum atomic E-state index is -0.406. The quantitative estimate of drug-likeness (QED) is 0.700. The third-order valence-corrected chi connectivity index (χ3v) is 4.69. The molecule has 0 spiro atoms. The predicted molar refractivity (Wildman–Crippen MR) is 109 cm³/mol. The van der Waals surface area contributed by atoms with Crippen molar-refractivity contribution in [3.63, 3.8) is 0 Å². The maximum absolute atomic E-state index is 13.0. The second-order valence-corrected chi connectivity index (χ2v) is 6.65. The summed E-state index contributed by atoms with van der Waals surface area (Å²) in [6.45, 7) is 0.200. The number of urea groups is 1. The third kappa shape index (κ3) is 3.97. The fourth-order valence-corrected chi connectivity index (χ4v) is 3.29. The number of nitrogens with one attached hydrogen (secondary N) is 2. The van der Waals surface area contributed by atoms with Crippen molar-refractivity contribution in [3.8, 4) is 5.69 Å². The lowest BCUT2D eigenvalue weighted by atomic mass is 10.1. The van der Waals surface area contributed by atoms with Gasteiger partial charge in [0.2, 0.25) is 5.91 Å². The summed E-state index contributed by atoms with van der Waals surface area (Å²) in [4.78, 5) is 30.5. The predicted octanol–water partition coefficient (Wildman–Crippen LogP) is 2.73. The minimum Gasteiger partial charge on any atom is -0.382 e. The molecule has 1 aromatic carbocycles. The van der Waals surface area contributed by atoms with Crippen molar-refractivity contribution in [1.29, 1.82) is 0 Å². The Morgan fingerprint density at radius 2 is 1.97 bits per heavy atom. The first-order valence-corrected chi connectivity index (χ1v) is 9.21. The Balaban J connectivity index is 1.54. The fourth-order valence-electron chi connectivity index (χ4n) is 3.29. The van der Waals surface area contributed by atoms with Gasteiger partial charge < -0.3 is 19.9 Å². The first-order valence-electron chi connectivity index (χ1n) is 9.21. The third-order valence-electron chi connectivity index (χ3n) is 4.69. The number of fused-ring (bicyclic) bond motifs is 1. The van der Waals surface area contributed by atoms with E-state index in [4.69, 9.17) is 4.74 Å². The molecule has 0 saturated carbocycles. The van der Waals surface area contributed by atoms with E-state index in [1.54, 1.807) is 25.4 Å².